The number of benzene rings is 1. The molecule has 3 heterocycles. The third-order valence-corrected chi connectivity index (χ3v) is 6.33. The van der Waals surface area contributed by atoms with Gasteiger partial charge in [-0.25, -0.2) is 4.98 Å². The van der Waals surface area contributed by atoms with E-state index in [1.807, 2.05) is 31.1 Å². The molecule has 0 N–H and O–H groups in total. The Kier molecular flexibility index (Phi) is 5.23. The van der Waals surface area contributed by atoms with Gasteiger partial charge in [0.05, 0.1) is 19.4 Å². The van der Waals surface area contributed by atoms with Crippen LogP contribution in [-0.2, 0) is 0 Å². The summed E-state index contributed by atoms with van der Waals surface area (Å²) in [6, 6.07) is 7.30. The maximum atomic E-state index is 13.1. The van der Waals surface area contributed by atoms with E-state index in [0.29, 0.717) is 39.9 Å². The molecule has 1 aliphatic heterocycles. The SMILES string of the molecule is CN(C)CCN(C(=O)c1ccc(Cl)s1)c1nc2cc3c(cc2s1)OCCO3. The molecule has 1 aliphatic rings. The summed E-state index contributed by atoms with van der Waals surface area (Å²) in [4.78, 5) is 22.1. The van der Waals surface area contributed by atoms with Crippen LogP contribution in [0.2, 0.25) is 4.34 Å². The van der Waals surface area contributed by atoms with Crippen LogP contribution >= 0.6 is 34.3 Å². The zero-order valence-electron chi connectivity index (χ0n) is 14.9. The highest BCUT2D eigenvalue weighted by atomic mass is 35.5. The molecule has 27 heavy (non-hydrogen) atoms. The van der Waals surface area contributed by atoms with Gasteiger partial charge >= 0.3 is 0 Å². The summed E-state index contributed by atoms with van der Waals surface area (Å²) in [5, 5.41) is 0.656. The lowest BCUT2D eigenvalue weighted by atomic mass is 10.3. The Morgan fingerprint density at radius 1 is 1.15 bits per heavy atom. The highest BCUT2D eigenvalue weighted by Crippen LogP contribution is 2.39. The number of hydrogen-bond donors (Lipinski definition) is 0. The van der Waals surface area contributed by atoms with E-state index >= 15 is 0 Å². The lowest BCUT2D eigenvalue weighted by Gasteiger charge is -2.21. The van der Waals surface area contributed by atoms with Gasteiger partial charge in [0.2, 0.25) is 0 Å². The molecule has 0 radical (unpaired) electrons. The van der Waals surface area contributed by atoms with Crippen molar-refractivity contribution >= 4 is 55.5 Å². The first kappa shape index (κ1) is 18.5. The number of rotatable bonds is 5. The second kappa shape index (κ2) is 7.63. The molecule has 0 unspecified atom stereocenters. The minimum atomic E-state index is -0.0925. The second-order valence-electron chi connectivity index (χ2n) is 6.32. The molecule has 9 heteroatoms. The maximum Gasteiger partial charge on any atom is 0.270 e. The van der Waals surface area contributed by atoms with Crippen LogP contribution in [0.25, 0.3) is 10.2 Å². The minimum Gasteiger partial charge on any atom is -0.486 e. The van der Waals surface area contributed by atoms with Crippen LogP contribution < -0.4 is 14.4 Å². The van der Waals surface area contributed by atoms with Crippen molar-refractivity contribution in [3.8, 4) is 11.5 Å². The van der Waals surface area contributed by atoms with Gasteiger partial charge in [0.25, 0.3) is 5.91 Å². The number of aromatic nitrogens is 1. The highest BCUT2D eigenvalue weighted by molar-refractivity contribution is 7.22. The Balaban J connectivity index is 1.71. The zero-order valence-corrected chi connectivity index (χ0v) is 17.3. The van der Waals surface area contributed by atoms with Gasteiger partial charge in [-0.15, -0.1) is 11.3 Å². The van der Waals surface area contributed by atoms with Crippen LogP contribution in [0.5, 0.6) is 11.5 Å². The first-order chi connectivity index (χ1) is 13.0. The van der Waals surface area contributed by atoms with E-state index in [1.165, 1.54) is 22.7 Å². The van der Waals surface area contributed by atoms with Crippen molar-refractivity contribution in [3.63, 3.8) is 0 Å². The van der Waals surface area contributed by atoms with Crippen molar-refractivity contribution in [2.75, 3.05) is 45.3 Å². The number of thiophene rings is 1. The summed E-state index contributed by atoms with van der Waals surface area (Å²) in [5.74, 6) is 1.33. The van der Waals surface area contributed by atoms with Crippen molar-refractivity contribution in [1.82, 2.24) is 9.88 Å². The largest absolute Gasteiger partial charge is 0.486 e. The van der Waals surface area contributed by atoms with Gasteiger partial charge in [-0.05, 0) is 26.2 Å². The molecule has 4 rings (SSSR count). The van der Waals surface area contributed by atoms with Crippen LogP contribution in [-0.4, -0.2) is 56.2 Å². The molecule has 3 aromatic rings. The number of nitrogens with zero attached hydrogens (tertiary/aromatic N) is 3. The number of amides is 1. The zero-order chi connectivity index (χ0) is 19.0. The quantitative estimate of drug-likeness (QED) is 0.621. The first-order valence-corrected chi connectivity index (χ1v) is 10.4. The number of hydrogen-bond acceptors (Lipinski definition) is 7. The summed E-state index contributed by atoms with van der Waals surface area (Å²) in [6.45, 7) is 2.33. The molecule has 1 amide bonds. The second-order valence-corrected chi connectivity index (χ2v) is 9.05. The van der Waals surface area contributed by atoms with Crippen LogP contribution in [0.15, 0.2) is 24.3 Å². The Hall–Kier alpha value is -1.87. The van der Waals surface area contributed by atoms with Gasteiger partial charge < -0.3 is 14.4 Å². The standard InChI is InChI=1S/C18H18ClN3O3S2/c1-21(2)5-6-22(17(23)14-3-4-16(19)26-14)18-20-11-9-12-13(10-15(11)27-18)25-8-7-24-12/h3-4,9-10H,5-8H2,1-2H3. The number of thiazole rings is 1. The van der Waals surface area contributed by atoms with Crippen LogP contribution in [0.3, 0.4) is 0 Å². The van der Waals surface area contributed by atoms with Gasteiger partial charge in [-0.3, -0.25) is 9.69 Å². The number of ether oxygens (including phenoxy) is 2. The average Bonchev–Trinajstić information content (AvgIpc) is 3.25. The van der Waals surface area contributed by atoms with E-state index in [0.717, 1.165) is 22.5 Å². The molecular weight excluding hydrogens is 406 g/mol. The topological polar surface area (TPSA) is 54.9 Å². The van der Waals surface area contributed by atoms with E-state index in [9.17, 15) is 4.79 Å². The molecule has 0 bridgehead atoms. The number of anilines is 1. The monoisotopic (exact) mass is 423 g/mol. The van der Waals surface area contributed by atoms with E-state index < -0.39 is 0 Å². The van der Waals surface area contributed by atoms with Crippen LogP contribution in [0.4, 0.5) is 5.13 Å². The average molecular weight is 424 g/mol. The molecular formula is C18H18ClN3O3S2. The lowest BCUT2D eigenvalue weighted by Crippen LogP contribution is -2.36. The number of halogens is 1. The molecule has 2 aromatic heterocycles. The fourth-order valence-electron chi connectivity index (χ4n) is 2.71. The number of carbonyl (C=O) groups is 1. The summed E-state index contributed by atoms with van der Waals surface area (Å²) in [7, 11) is 3.96. The number of likely N-dealkylation sites (N-methyl/N-ethyl adjacent to an activating group) is 1. The molecule has 142 valence electrons. The fraction of sp³-hybridized carbons (Fsp3) is 0.333. The molecule has 0 aliphatic carbocycles. The number of carbonyl (C=O) groups excluding carboxylic acids is 1. The van der Waals surface area contributed by atoms with Gasteiger partial charge in [-0.2, -0.15) is 0 Å². The molecule has 0 fully saturated rings. The summed E-state index contributed by atoms with van der Waals surface area (Å²) < 4.78 is 12.8. The minimum absolute atomic E-state index is 0.0925. The van der Waals surface area contributed by atoms with E-state index in [-0.39, 0.29) is 5.91 Å². The highest BCUT2D eigenvalue weighted by Gasteiger charge is 2.24. The molecule has 0 saturated carbocycles. The Morgan fingerprint density at radius 2 is 1.89 bits per heavy atom. The van der Waals surface area contributed by atoms with Gasteiger partial charge in [-0.1, -0.05) is 22.9 Å². The molecule has 6 nitrogen and oxygen atoms in total. The normalized spacial score (nSPS) is 13.3. The van der Waals surface area contributed by atoms with Crippen LogP contribution in [0.1, 0.15) is 9.67 Å². The molecule has 0 atom stereocenters. The predicted octanol–water partition coefficient (Wildman–Crippen LogP) is 3.99. The molecule has 1 aromatic carbocycles. The maximum absolute atomic E-state index is 13.1. The first-order valence-electron chi connectivity index (χ1n) is 8.43. The van der Waals surface area contributed by atoms with E-state index in [1.54, 1.807) is 17.0 Å². The van der Waals surface area contributed by atoms with Crippen molar-refractivity contribution in [2.24, 2.45) is 0 Å². The van der Waals surface area contributed by atoms with E-state index in [4.69, 9.17) is 26.1 Å². The third-order valence-electron chi connectivity index (χ3n) is 4.07. The van der Waals surface area contributed by atoms with Gasteiger partial charge in [0.1, 0.15) is 13.2 Å². The van der Waals surface area contributed by atoms with Crippen molar-refractivity contribution in [3.05, 3.63) is 33.5 Å². The molecule has 0 saturated heterocycles. The third kappa shape index (κ3) is 3.89. The van der Waals surface area contributed by atoms with Crippen LogP contribution in [0, 0.1) is 0 Å². The summed E-state index contributed by atoms with van der Waals surface area (Å²) >= 11 is 8.77. The summed E-state index contributed by atoms with van der Waals surface area (Å²) in [6.07, 6.45) is 0. The Labute approximate surface area is 169 Å². The lowest BCUT2D eigenvalue weighted by molar-refractivity contribution is 0.0989. The predicted molar refractivity (Wildman–Crippen MR) is 110 cm³/mol. The van der Waals surface area contributed by atoms with Crippen molar-refractivity contribution in [2.45, 2.75) is 0 Å². The van der Waals surface area contributed by atoms with Gasteiger partial charge in [0.15, 0.2) is 16.6 Å². The van der Waals surface area contributed by atoms with Crippen molar-refractivity contribution in [1.29, 1.82) is 0 Å². The van der Waals surface area contributed by atoms with Crippen molar-refractivity contribution < 1.29 is 14.3 Å². The molecule has 0 spiro atoms. The van der Waals surface area contributed by atoms with E-state index in [2.05, 4.69) is 0 Å². The smallest absolute Gasteiger partial charge is 0.270 e. The Morgan fingerprint density at radius 3 is 2.56 bits per heavy atom. The fourth-order valence-corrected chi connectivity index (χ4v) is 4.71. The Bertz CT molecular complexity index is 943. The number of fused-ring (bicyclic) bond motifs is 2. The summed E-state index contributed by atoms with van der Waals surface area (Å²) in [5.41, 5.74) is 0.797. The van der Waals surface area contributed by atoms with Gasteiger partial charge in [0, 0.05) is 25.2 Å².